The number of benzene rings is 1. The Hall–Kier alpha value is -2.21. The third-order valence-corrected chi connectivity index (χ3v) is 4.32. The van der Waals surface area contributed by atoms with E-state index in [1.165, 1.54) is 11.3 Å². The van der Waals surface area contributed by atoms with Crippen LogP contribution in [0.4, 0.5) is 5.13 Å². The van der Waals surface area contributed by atoms with Crippen LogP contribution < -0.4 is 5.32 Å². The van der Waals surface area contributed by atoms with Crippen LogP contribution in [-0.4, -0.2) is 22.0 Å². The van der Waals surface area contributed by atoms with Crippen molar-refractivity contribution < 1.29 is 14.7 Å². The molecule has 0 atom stereocenters. The van der Waals surface area contributed by atoms with E-state index in [0.29, 0.717) is 24.4 Å². The lowest BCUT2D eigenvalue weighted by Gasteiger charge is -2.02. The smallest absolute Gasteiger partial charge is 0.303 e. The number of carbonyl (C=O) groups is 2. The number of thiazole rings is 1. The zero-order valence-electron chi connectivity index (χ0n) is 12.3. The predicted molar refractivity (Wildman–Crippen MR) is 86.2 cm³/mol. The van der Waals surface area contributed by atoms with Gasteiger partial charge in [-0.3, -0.25) is 9.59 Å². The fourth-order valence-electron chi connectivity index (χ4n) is 2.02. The molecule has 0 radical (unpaired) electrons. The second-order valence-corrected chi connectivity index (χ2v) is 6.04. The summed E-state index contributed by atoms with van der Waals surface area (Å²) < 4.78 is 0. The number of aliphatic carboxylic acids is 1. The summed E-state index contributed by atoms with van der Waals surface area (Å²) in [5.41, 5.74) is 1.90. The van der Waals surface area contributed by atoms with E-state index < -0.39 is 5.97 Å². The number of nitrogens with one attached hydrogen (secondary N) is 1. The molecular formula is C16H18N2O3S. The molecule has 1 amide bonds. The molecule has 0 unspecified atom stereocenters. The summed E-state index contributed by atoms with van der Waals surface area (Å²) in [6.07, 6.45) is 1.60. The molecule has 0 saturated heterocycles. The monoisotopic (exact) mass is 318 g/mol. The van der Waals surface area contributed by atoms with Gasteiger partial charge in [0.15, 0.2) is 5.13 Å². The summed E-state index contributed by atoms with van der Waals surface area (Å²) in [7, 11) is 0. The van der Waals surface area contributed by atoms with E-state index >= 15 is 0 Å². The fourth-order valence-corrected chi connectivity index (χ4v) is 3.00. The van der Waals surface area contributed by atoms with Gasteiger partial charge in [-0.2, -0.15) is 0 Å². The van der Waals surface area contributed by atoms with E-state index in [0.717, 1.165) is 16.1 Å². The van der Waals surface area contributed by atoms with E-state index in [9.17, 15) is 9.59 Å². The van der Waals surface area contributed by atoms with Gasteiger partial charge in [0.25, 0.3) is 0 Å². The number of carbonyl (C=O) groups excluding carboxylic acids is 1. The van der Waals surface area contributed by atoms with E-state index in [4.69, 9.17) is 5.11 Å². The fraction of sp³-hybridized carbons (Fsp3) is 0.312. The van der Waals surface area contributed by atoms with Crippen LogP contribution in [0.15, 0.2) is 30.3 Å². The van der Waals surface area contributed by atoms with Crippen LogP contribution in [0.1, 0.15) is 29.0 Å². The molecule has 1 heterocycles. The summed E-state index contributed by atoms with van der Waals surface area (Å²) in [6, 6.07) is 9.83. The van der Waals surface area contributed by atoms with Gasteiger partial charge in [0.05, 0.1) is 12.1 Å². The Labute approximate surface area is 133 Å². The molecule has 2 aromatic rings. The number of rotatable bonds is 7. The number of amides is 1. The summed E-state index contributed by atoms with van der Waals surface area (Å²) in [5.74, 6) is -0.913. The number of aromatic nitrogens is 1. The molecule has 22 heavy (non-hydrogen) atoms. The van der Waals surface area contributed by atoms with Crippen molar-refractivity contribution in [2.75, 3.05) is 5.32 Å². The molecule has 2 rings (SSSR count). The Morgan fingerprint density at radius 1 is 1.18 bits per heavy atom. The van der Waals surface area contributed by atoms with Gasteiger partial charge in [-0.1, -0.05) is 30.3 Å². The van der Waals surface area contributed by atoms with Crippen molar-refractivity contribution in [3.8, 4) is 0 Å². The number of carboxylic acids is 1. The lowest BCUT2D eigenvalue weighted by Crippen LogP contribution is -2.12. The minimum absolute atomic E-state index is 0.0738. The first-order valence-electron chi connectivity index (χ1n) is 7.06. The number of hydrogen-bond acceptors (Lipinski definition) is 4. The first-order chi connectivity index (χ1) is 10.5. The van der Waals surface area contributed by atoms with Gasteiger partial charge >= 0.3 is 5.97 Å². The molecule has 2 N–H and O–H groups in total. The van der Waals surface area contributed by atoms with Gasteiger partial charge in [0.1, 0.15) is 0 Å². The zero-order valence-corrected chi connectivity index (χ0v) is 13.2. The highest BCUT2D eigenvalue weighted by molar-refractivity contribution is 7.15. The van der Waals surface area contributed by atoms with Crippen LogP contribution >= 0.6 is 11.3 Å². The standard InChI is InChI=1S/C16H18N2O3S/c1-11-13(8-10-15(20)21)22-16(17-11)18-14(19)9-7-12-5-3-2-4-6-12/h2-6H,7-10H2,1H3,(H,20,21)(H,17,18,19). The second kappa shape index (κ2) is 7.70. The molecule has 0 aliphatic rings. The van der Waals surface area contributed by atoms with Crippen molar-refractivity contribution in [3.63, 3.8) is 0 Å². The third-order valence-electron chi connectivity index (χ3n) is 3.19. The first-order valence-corrected chi connectivity index (χ1v) is 7.88. The van der Waals surface area contributed by atoms with E-state index in [1.54, 1.807) is 0 Å². The quantitative estimate of drug-likeness (QED) is 0.822. The molecule has 0 aliphatic heterocycles. The van der Waals surface area contributed by atoms with Crippen molar-refractivity contribution in [2.45, 2.75) is 32.6 Å². The van der Waals surface area contributed by atoms with Gasteiger partial charge in [-0.15, -0.1) is 11.3 Å². The topological polar surface area (TPSA) is 79.3 Å². The third kappa shape index (κ3) is 4.96. The van der Waals surface area contributed by atoms with Gasteiger partial charge in [-0.05, 0) is 25.3 Å². The Morgan fingerprint density at radius 3 is 2.59 bits per heavy atom. The minimum atomic E-state index is -0.832. The van der Waals surface area contributed by atoms with Crippen LogP contribution in [0.3, 0.4) is 0 Å². The Morgan fingerprint density at radius 2 is 1.91 bits per heavy atom. The van der Waals surface area contributed by atoms with Gasteiger partial charge in [0, 0.05) is 11.3 Å². The Bertz CT molecular complexity index is 653. The van der Waals surface area contributed by atoms with E-state index in [1.807, 2.05) is 37.3 Å². The van der Waals surface area contributed by atoms with Crippen LogP contribution in [0.2, 0.25) is 0 Å². The maximum atomic E-state index is 11.9. The highest BCUT2D eigenvalue weighted by Gasteiger charge is 2.11. The molecule has 0 bridgehead atoms. The molecule has 0 aliphatic carbocycles. The molecule has 116 valence electrons. The van der Waals surface area contributed by atoms with Crippen molar-refractivity contribution in [2.24, 2.45) is 0 Å². The number of aryl methyl sites for hydroxylation is 3. The highest BCUT2D eigenvalue weighted by Crippen LogP contribution is 2.24. The molecule has 0 fully saturated rings. The van der Waals surface area contributed by atoms with Crippen LogP contribution in [-0.2, 0) is 22.4 Å². The summed E-state index contributed by atoms with van der Waals surface area (Å²) in [6.45, 7) is 1.83. The maximum absolute atomic E-state index is 11.9. The Kier molecular flexibility index (Phi) is 5.66. The molecule has 0 spiro atoms. The largest absolute Gasteiger partial charge is 0.481 e. The molecule has 1 aromatic heterocycles. The molecule has 6 heteroatoms. The molecule has 5 nitrogen and oxygen atoms in total. The van der Waals surface area contributed by atoms with Crippen molar-refractivity contribution in [3.05, 3.63) is 46.5 Å². The van der Waals surface area contributed by atoms with Crippen LogP contribution in [0, 0.1) is 6.92 Å². The average molecular weight is 318 g/mol. The number of hydrogen-bond donors (Lipinski definition) is 2. The first kappa shape index (κ1) is 16.2. The Balaban J connectivity index is 1.86. The summed E-state index contributed by atoms with van der Waals surface area (Å²) in [4.78, 5) is 27.7. The summed E-state index contributed by atoms with van der Waals surface area (Å²) in [5, 5.41) is 12.0. The van der Waals surface area contributed by atoms with Crippen molar-refractivity contribution in [1.29, 1.82) is 0 Å². The van der Waals surface area contributed by atoms with Gasteiger partial charge in [-0.25, -0.2) is 4.98 Å². The van der Waals surface area contributed by atoms with Crippen LogP contribution in [0.25, 0.3) is 0 Å². The number of nitrogens with zero attached hydrogens (tertiary/aromatic N) is 1. The lowest BCUT2D eigenvalue weighted by molar-refractivity contribution is -0.136. The average Bonchev–Trinajstić information content (AvgIpc) is 2.84. The normalized spacial score (nSPS) is 10.4. The SMILES string of the molecule is Cc1nc(NC(=O)CCc2ccccc2)sc1CCC(=O)O. The van der Waals surface area contributed by atoms with Gasteiger partial charge in [0.2, 0.25) is 5.91 Å². The molecular weight excluding hydrogens is 300 g/mol. The van der Waals surface area contributed by atoms with Crippen molar-refractivity contribution in [1.82, 2.24) is 4.98 Å². The highest BCUT2D eigenvalue weighted by atomic mass is 32.1. The zero-order chi connectivity index (χ0) is 15.9. The second-order valence-electron chi connectivity index (χ2n) is 4.96. The summed E-state index contributed by atoms with van der Waals surface area (Å²) >= 11 is 1.35. The van der Waals surface area contributed by atoms with Crippen molar-refractivity contribution >= 4 is 28.3 Å². The van der Waals surface area contributed by atoms with E-state index in [-0.39, 0.29) is 12.3 Å². The lowest BCUT2D eigenvalue weighted by atomic mass is 10.1. The van der Waals surface area contributed by atoms with E-state index in [2.05, 4.69) is 10.3 Å². The number of anilines is 1. The van der Waals surface area contributed by atoms with Crippen LogP contribution in [0.5, 0.6) is 0 Å². The number of carboxylic acid groups (broad SMARTS) is 1. The molecule has 0 saturated carbocycles. The van der Waals surface area contributed by atoms with Gasteiger partial charge < -0.3 is 10.4 Å². The maximum Gasteiger partial charge on any atom is 0.303 e. The minimum Gasteiger partial charge on any atom is -0.481 e. The molecule has 1 aromatic carbocycles. The predicted octanol–water partition coefficient (Wildman–Crippen LogP) is 3.04.